The first-order chi connectivity index (χ1) is 11.0. The molecule has 0 aliphatic heterocycles. The van der Waals surface area contributed by atoms with Gasteiger partial charge in [0.25, 0.3) is 0 Å². The second-order valence-corrected chi connectivity index (χ2v) is 6.69. The summed E-state index contributed by atoms with van der Waals surface area (Å²) in [5, 5.41) is 2.81. The molecule has 0 fully saturated rings. The number of hydrogen-bond donors (Lipinski definition) is 1. The number of aromatic nitrogens is 1. The Morgan fingerprint density at radius 1 is 1.26 bits per heavy atom. The maximum atomic E-state index is 12.1. The van der Waals surface area contributed by atoms with Gasteiger partial charge in [-0.3, -0.25) is 9.59 Å². The molecule has 0 aliphatic rings. The molecule has 0 aromatic carbocycles. The summed E-state index contributed by atoms with van der Waals surface area (Å²) in [6.45, 7) is 4.30. The summed E-state index contributed by atoms with van der Waals surface area (Å²) in [6.07, 6.45) is 2.05. The number of carbonyl (C=O) groups is 2. The predicted molar refractivity (Wildman–Crippen MR) is 90.0 cm³/mol. The fraction of sp³-hybridized carbons (Fsp3) is 0.353. The summed E-state index contributed by atoms with van der Waals surface area (Å²) >= 11 is 1.60. The molecule has 122 valence electrons. The summed E-state index contributed by atoms with van der Waals surface area (Å²) in [5.74, 6) is 0.390. The number of ketones is 1. The Kier molecular flexibility index (Phi) is 5.87. The lowest BCUT2D eigenvalue weighted by molar-refractivity contribution is -0.121. The van der Waals surface area contributed by atoms with Crippen molar-refractivity contribution in [2.75, 3.05) is 7.11 Å². The van der Waals surface area contributed by atoms with Crippen LogP contribution in [0.1, 0.15) is 38.5 Å². The lowest BCUT2D eigenvalue weighted by Crippen LogP contribution is -2.23. The van der Waals surface area contributed by atoms with Gasteiger partial charge in [-0.15, -0.1) is 11.3 Å². The average molecular weight is 332 g/mol. The second kappa shape index (κ2) is 7.87. The van der Waals surface area contributed by atoms with E-state index in [1.54, 1.807) is 30.7 Å². The molecule has 1 N–H and O–H groups in total. The van der Waals surface area contributed by atoms with E-state index in [-0.39, 0.29) is 24.5 Å². The van der Waals surface area contributed by atoms with Crippen molar-refractivity contribution in [2.24, 2.45) is 0 Å². The molecule has 0 saturated heterocycles. The maximum Gasteiger partial charge on any atom is 0.220 e. The molecule has 0 bridgehead atoms. The topological polar surface area (TPSA) is 68.3 Å². The highest BCUT2D eigenvalue weighted by molar-refractivity contribution is 7.12. The zero-order valence-corrected chi connectivity index (χ0v) is 14.3. The number of pyridine rings is 1. The molecule has 23 heavy (non-hydrogen) atoms. The van der Waals surface area contributed by atoms with Crippen LogP contribution in [0.3, 0.4) is 0 Å². The maximum absolute atomic E-state index is 12.1. The third-order valence-corrected chi connectivity index (χ3v) is 4.38. The number of methoxy groups -OCH3 is 1. The monoisotopic (exact) mass is 332 g/mol. The van der Waals surface area contributed by atoms with Crippen LogP contribution in [0.5, 0.6) is 5.88 Å². The molecule has 0 unspecified atom stereocenters. The van der Waals surface area contributed by atoms with E-state index in [4.69, 9.17) is 4.74 Å². The van der Waals surface area contributed by atoms with E-state index in [9.17, 15) is 9.59 Å². The van der Waals surface area contributed by atoms with Crippen molar-refractivity contribution in [3.05, 3.63) is 45.3 Å². The Morgan fingerprint density at radius 2 is 2.04 bits per heavy atom. The van der Waals surface area contributed by atoms with Crippen molar-refractivity contribution in [3.8, 4) is 5.88 Å². The van der Waals surface area contributed by atoms with E-state index in [2.05, 4.69) is 10.3 Å². The molecule has 2 heterocycles. The van der Waals surface area contributed by atoms with Crippen LogP contribution in [-0.4, -0.2) is 23.8 Å². The van der Waals surface area contributed by atoms with Crippen LogP contribution in [0.2, 0.25) is 0 Å². The fourth-order valence-electron chi connectivity index (χ4n) is 2.23. The first-order valence-electron chi connectivity index (χ1n) is 7.35. The van der Waals surface area contributed by atoms with Gasteiger partial charge in [0.1, 0.15) is 0 Å². The van der Waals surface area contributed by atoms with E-state index in [1.165, 1.54) is 0 Å². The standard InChI is InChI=1S/C17H20N2O3S/c1-11-8-14(12(2)23-11)15(20)4-5-16(21)19-10-13-6-7-18-17(9-13)22-3/h6-9H,4-5,10H2,1-3H3,(H,19,21). The molecular weight excluding hydrogens is 312 g/mol. The SMILES string of the molecule is COc1cc(CNC(=O)CCC(=O)c2cc(C)sc2C)ccn1. The van der Waals surface area contributed by atoms with Crippen LogP contribution in [0.4, 0.5) is 0 Å². The van der Waals surface area contributed by atoms with E-state index in [0.717, 1.165) is 20.9 Å². The highest BCUT2D eigenvalue weighted by Crippen LogP contribution is 2.22. The van der Waals surface area contributed by atoms with Crippen LogP contribution in [0.15, 0.2) is 24.4 Å². The normalized spacial score (nSPS) is 10.4. The highest BCUT2D eigenvalue weighted by atomic mass is 32.1. The van der Waals surface area contributed by atoms with Crippen LogP contribution < -0.4 is 10.1 Å². The van der Waals surface area contributed by atoms with Crippen LogP contribution in [-0.2, 0) is 11.3 Å². The molecule has 1 amide bonds. The molecule has 5 nitrogen and oxygen atoms in total. The first kappa shape index (κ1) is 17.1. The molecule has 0 saturated carbocycles. The highest BCUT2D eigenvalue weighted by Gasteiger charge is 2.13. The van der Waals surface area contributed by atoms with Crippen LogP contribution in [0, 0.1) is 13.8 Å². The van der Waals surface area contributed by atoms with Gasteiger partial charge in [0.05, 0.1) is 7.11 Å². The summed E-state index contributed by atoms with van der Waals surface area (Å²) in [7, 11) is 1.55. The smallest absolute Gasteiger partial charge is 0.220 e. The minimum Gasteiger partial charge on any atom is -0.481 e. The van der Waals surface area contributed by atoms with Crippen LogP contribution >= 0.6 is 11.3 Å². The number of hydrogen-bond acceptors (Lipinski definition) is 5. The number of rotatable bonds is 7. The van der Waals surface area contributed by atoms with Gasteiger partial charge >= 0.3 is 0 Å². The lowest BCUT2D eigenvalue weighted by atomic mass is 10.1. The Bertz CT molecular complexity index is 710. The van der Waals surface area contributed by atoms with E-state index in [1.807, 2.05) is 26.0 Å². The number of Topliss-reactive ketones (excluding diaryl/α,β-unsaturated/α-hetero) is 1. The molecule has 0 radical (unpaired) electrons. The molecule has 6 heteroatoms. The zero-order chi connectivity index (χ0) is 16.8. The first-order valence-corrected chi connectivity index (χ1v) is 8.17. The van der Waals surface area contributed by atoms with E-state index < -0.39 is 0 Å². The van der Waals surface area contributed by atoms with Gasteiger partial charge < -0.3 is 10.1 Å². The molecule has 0 aliphatic carbocycles. The molecule has 2 rings (SSSR count). The van der Waals surface area contributed by atoms with Gasteiger partial charge in [-0.05, 0) is 31.5 Å². The van der Waals surface area contributed by atoms with E-state index >= 15 is 0 Å². The quantitative estimate of drug-likeness (QED) is 0.791. The number of aryl methyl sites for hydroxylation is 2. The molecule has 2 aromatic rings. The number of nitrogens with one attached hydrogen (secondary N) is 1. The minimum atomic E-state index is -0.140. The average Bonchev–Trinajstić information content (AvgIpc) is 2.89. The Morgan fingerprint density at radius 3 is 2.70 bits per heavy atom. The number of nitrogens with zero attached hydrogens (tertiary/aromatic N) is 1. The zero-order valence-electron chi connectivity index (χ0n) is 13.5. The number of amides is 1. The predicted octanol–water partition coefficient (Wildman–Crippen LogP) is 3.05. The van der Waals surface area contributed by atoms with Gasteiger partial charge in [-0.25, -0.2) is 4.98 Å². The van der Waals surface area contributed by atoms with Crippen molar-refractivity contribution >= 4 is 23.0 Å². The van der Waals surface area contributed by atoms with Gasteiger partial charge in [0, 0.05) is 47.0 Å². The van der Waals surface area contributed by atoms with Gasteiger partial charge in [0.15, 0.2) is 5.78 Å². The van der Waals surface area contributed by atoms with Crippen molar-refractivity contribution < 1.29 is 14.3 Å². The second-order valence-electron chi connectivity index (χ2n) is 5.23. The minimum absolute atomic E-state index is 0.0209. The van der Waals surface area contributed by atoms with Crippen LogP contribution in [0.25, 0.3) is 0 Å². The number of carbonyl (C=O) groups excluding carboxylic acids is 2. The Balaban J connectivity index is 1.81. The van der Waals surface area contributed by atoms with Crippen molar-refractivity contribution in [1.29, 1.82) is 0 Å². The summed E-state index contributed by atoms with van der Waals surface area (Å²) in [4.78, 5) is 30.2. The number of thiophene rings is 1. The fourth-order valence-corrected chi connectivity index (χ4v) is 3.17. The van der Waals surface area contributed by atoms with Crippen molar-refractivity contribution in [2.45, 2.75) is 33.2 Å². The summed E-state index contributed by atoms with van der Waals surface area (Å²) in [6, 6.07) is 5.47. The van der Waals surface area contributed by atoms with Gasteiger partial charge in [-0.1, -0.05) is 0 Å². The molecular formula is C17H20N2O3S. The van der Waals surface area contributed by atoms with Gasteiger partial charge in [0.2, 0.25) is 11.8 Å². The van der Waals surface area contributed by atoms with E-state index in [0.29, 0.717) is 12.4 Å². The number of ether oxygens (including phenoxy) is 1. The van der Waals surface area contributed by atoms with Crippen molar-refractivity contribution in [3.63, 3.8) is 0 Å². The Labute approximate surface area is 139 Å². The lowest BCUT2D eigenvalue weighted by Gasteiger charge is -2.06. The molecule has 0 atom stereocenters. The molecule has 2 aromatic heterocycles. The van der Waals surface area contributed by atoms with Crippen molar-refractivity contribution in [1.82, 2.24) is 10.3 Å². The van der Waals surface area contributed by atoms with Gasteiger partial charge in [-0.2, -0.15) is 0 Å². The third kappa shape index (κ3) is 4.89. The Hall–Kier alpha value is -2.21. The summed E-state index contributed by atoms with van der Waals surface area (Å²) < 4.78 is 5.04. The largest absolute Gasteiger partial charge is 0.481 e. The molecule has 0 spiro atoms. The third-order valence-electron chi connectivity index (χ3n) is 3.42. The summed E-state index contributed by atoms with van der Waals surface area (Å²) in [5.41, 5.74) is 1.64.